The second-order valence-corrected chi connectivity index (χ2v) is 6.00. The molecule has 0 amide bonds. The van der Waals surface area contributed by atoms with Gasteiger partial charge in [0, 0.05) is 31.9 Å². The number of para-hydroxylation sites is 1. The fourth-order valence-corrected chi connectivity index (χ4v) is 3.06. The first-order valence-electron chi connectivity index (χ1n) is 8.48. The van der Waals surface area contributed by atoms with Gasteiger partial charge in [-0.05, 0) is 31.0 Å². The predicted molar refractivity (Wildman–Crippen MR) is 96.1 cm³/mol. The highest BCUT2D eigenvalue weighted by Crippen LogP contribution is 2.28. The SMILES string of the molecule is O=[N+]([O-])c1cnccc1N1CCC(NCCOc2ccccc2)CC1. The van der Waals surface area contributed by atoms with Crippen LogP contribution in [0.5, 0.6) is 5.75 Å². The standard InChI is InChI=1S/C18H22N4O3/c23-22(24)18-14-19-9-6-17(18)21-11-7-15(8-12-21)20-10-13-25-16-4-2-1-3-5-16/h1-6,9,14-15,20H,7-8,10-13H2. The minimum Gasteiger partial charge on any atom is -0.492 e. The highest BCUT2D eigenvalue weighted by atomic mass is 16.6. The lowest BCUT2D eigenvalue weighted by Gasteiger charge is -2.33. The first kappa shape index (κ1) is 17.2. The van der Waals surface area contributed by atoms with Crippen molar-refractivity contribution in [3.8, 4) is 5.75 Å². The number of ether oxygens (including phenoxy) is 1. The largest absolute Gasteiger partial charge is 0.492 e. The van der Waals surface area contributed by atoms with Crippen LogP contribution < -0.4 is 15.0 Å². The minimum atomic E-state index is -0.367. The van der Waals surface area contributed by atoms with Crippen molar-refractivity contribution in [2.75, 3.05) is 31.1 Å². The summed E-state index contributed by atoms with van der Waals surface area (Å²) in [5.41, 5.74) is 0.732. The molecule has 0 radical (unpaired) electrons. The molecule has 1 saturated heterocycles. The molecule has 2 aromatic rings. The van der Waals surface area contributed by atoms with Crippen molar-refractivity contribution in [2.24, 2.45) is 0 Å². The lowest BCUT2D eigenvalue weighted by molar-refractivity contribution is -0.384. The van der Waals surface area contributed by atoms with Gasteiger partial charge in [0.15, 0.2) is 0 Å². The number of anilines is 1. The Bertz CT molecular complexity index is 688. The quantitative estimate of drug-likeness (QED) is 0.473. The molecular formula is C18H22N4O3. The van der Waals surface area contributed by atoms with E-state index in [2.05, 4.69) is 15.2 Å². The first-order chi connectivity index (χ1) is 12.2. The summed E-state index contributed by atoms with van der Waals surface area (Å²) in [6.45, 7) is 3.00. The molecule has 7 heteroatoms. The van der Waals surface area contributed by atoms with Crippen LogP contribution >= 0.6 is 0 Å². The average molecular weight is 342 g/mol. The maximum Gasteiger partial charge on any atom is 0.310 e. The summed E-state index contributed by atoms with van der Waals surface area (Å²) in [5.74, 6) is 0.879. The maximum atomic E-state index is 11.1. The summed E-state index contributed by atoms with van der Waals surface area (Å²) < 4.78 is 5.67. The Morgan fingerprint density at radius 3 is 2.72 bits per heavy atom. The molecule has 1 N–H and O–H groups in total. The van der Waals surface area contributed by atoms with Gasteiger partial charge in [-0.2, -0.15) is 0 Å². The van der Waals surface area contributed by atoms with E-state index in [0.717, 1.165) is 38.2 Å². The Labute approximate surface area is 146 Å². The molecule has 2 heterocycles. The van der Waals surface area contributed by atoms with Gasteiger partial charge in [-0.15, -0.1) is 0 Å². The lowest BCUT2D eigenvalue weighted by Crippen LogP contribution is -2.43. The fourth-order valence-electron chi connectivity index (χ4n) is 3.06. The van der Waals surface area contributed by atoms with E-state index < -0.39 is 0 Å². The summed E-state index contributed by atoms with van der Waals surface area (Å²) in [4.78, 5) is 16.7. The van der Waals surface area contributed by atoms with Crippen LogP contribution in [0.25, 0.3) is 0 Å². The summed E-state index contributed by atoms with van der Waals surface area (Å²) >= 11 is 0. The second kappa shape index (κ2) is 8.43. The van der Waals surface area contributed by atoms with Crippen LogP contribution in [0, 0.1) is 10.1 Å². The molecule has 1 fully saturated rings. The zero-order valence-electron chi connectivity index (χ0n) is 14.0. The third-order valence-corrected chi connectivity index (χ3v) is 4.36. The molecule has 7 nitrogen and oxygen atoms in total. The van der Waals surface area contributed by atoms with E-state index >= 15 is 0 Å². The first-order valence-corrected chi connectivity index (χ1v) is 8.48. The third kappa shape index (κ3) is 4.67. The van der Waals surface area contributed by atoms with E-state index in [1.807, 2.05) is 30.3 Å². The van der Waals surface area contributed by atoms with Crippen LogP contribution in [0.1, 0.15) is 12.8 Å². The van der Waals surface area contributed by atoms with Gasteiger partial charge in [0.25, 0.3) is 0 Å². The number of nitro groups is 1. The van der Waals surface area contributed by atoms with Crippen molar-refractivity contribution >= 4 is 11.4 Å². The number of nitrogens with zero attached hydrogens (tertiary/aromatic N) is 3. The monoisotopic (exact) mass is 342 g/mol. The highest BCUT2D eigenvalue weighted by molar-refractivity contribution is 5.61. The van der Waals surface area contributed by atoms with E-state index in [1.165, 1.54) is 6.20 Å². The molecule has 1 aromatic heterocycles. The number of benzene rings is 1. The van der Waals surface area contributed by atoms with Gasteiger partial charge in [0.2, 0.25) is 0 Å². The van der Waals surface area contributed by atoms with E-state index in [4.69, 9.17) is 4.74 Å². The molecule has 0 unspecified atom stereocenters. The van der Waals surface area contributed by atoms with Crippen molar-refractivity contribution < 1.29 is 9.66 Å². The predicted octanol–water partition coefficient (Wildman–Crippen LogP) is 2.63. The van der Waals surface area contributed by atoms with E-state index in [1.54, 1.807) is 12.3 Å². The molecule has 1 aliphatic rings. The number of aromatic nitrogens is 1. The van der Waals surface area contributed by atoms with Gasteiger partial charge < -0.3 is 15.0 Å². The Hall–Kier alpha value is -2.67. The summed E-state index contributed by atoms with van der Waals surface area (Å²) in [7, 11) is 0. The number of pyridine rings is 1. The number of piperidine rings is 1. The molecule has 0 saturated carbocycles. The van der Waals surface area contributed by atoms with Crippen molar-refractivity contribution in [3.63, 3.8) is 0 Å². The summed E-state index contributed by atoms with van der Waals surface area (Å²) in [6.07, 6.45) is 4.82. The zero-order valence-corrected chi connectivity index (χ0v) is 14.0. The molecule has 0 bridgehead atoms. The Balaban J connectivity index is 1.42. The van der Waals surface area contributed by atoms with Crippen molar-refractivity contribution in [1.29, 1.82) is 0 Å². The minimum absolute atomic E-state index is 0.0742. The van der Waals surface area contributed by atoms with E-state index in [9.17, 15) is 10.1 Å². The van der Waals surface area contributed by atoms with Gasteiger partial charge >= 0.3 is 5.69 Å². The number of nitrogens with one attached hydrogen (secondary N) is 1. The zero-order chi connectivity index (χ0) is 17.5. The molecule has 0 atom stereocenters. The third-order valence-electron chi connectivity index (χ3n) is 4.36. The van der Waals surface area contributed by atoms with Gasteiger partial charge in [-0.1, -0.05) is 18.2 Å². The van der Waals surface area contributed by atoms with Crippen LogP contribution in [-0.2, 0) is 0 Å². The van der Waals surface area contributed by atoms with Gasteiger partial charge in [0.1, 0.15) is 24.2 Å². The Morgan fingerprint density at radius 2 is 2.00 bits per heavy atom. The summed E-state index contributed by atoms with van der Waals surface area (Å²) in [5, 5.41) is 14.6. The van der Waals surface area contributed by atoms with Crippen molar-refractivity contribution in [1.82, 2.24) is 10.3 Å². The molecule has 3 rings (SSSR count). The van der Waals surface area contributed by atoms with Gasteiger partial charge in [-0.25, -0.2) is 0 Å². The van der Waals surface area contributed by atoms with Gasteiger partial charge in [0.05, 0.1) is 4.92 Å². The van der Waals surface area contributed by atoms with Crippen LogP contribution in [0.15, 0.2) is 48.8 Å². The topological polar surface area (TPSA) is 80.5 Å². The second-order valence-electron chi connectivity index (χ2n) is 6.00. The van der Waals surface area contributed by atoms with Crippen LogP contribution in [-0.4, -0.2) is 42.2 Å². The van der Waals surface area contributed by atoms with Crippen LogP contribution in [0.2, 0.25) is 0 Å². The maximum absolute atomic E-state index is 11.1. The molecule has 1 aromatic carbocycles. The van der Waals surface area contributed by atoms with E-state index in [-0.39, 0.29) is 10.6 Å². The molecular weight excluding hydrogens is 320 g/mol. The van der Waals surface area contributed by atoms with E-state index in [0.29, 0.717) is 18.3 Å². The molecule has 25 heavy (non-hydrogen) atoms. The molecule has 1 aliphatic heterocycles. The van der Waals surface area contributed by atoms with Crippen molar-refractivity contribution in [3.05, 3.63) is 58.9 Å². The van der Waals surface area contributed by atoms with Crippen LogP contribution in [0.3, 0.4) is 0 Å². The molecule has 0 spiro atoms. The highest BCUT2D eigenvalue weighted by Gasteiger charge is 2.24. The number of rotatable bonds is 7. The fraction of sp³-hybridized carbons (Fsp3) is 0.389. The lowest BCUT2D eigenvalue weighted by atomic mass is 10.0. The number of hydrogen-bond donors (Lipinski definition) is 1. The van der Waals surface area contributed by atoms with Crippen molar-refractivity contribution in [2.45, 2.75) is 18.9 Å². The normalized spacial score (nSPS) is 15.1. The Morgan fingerprint density at radius 1 is 1.24 bits per heavy atom. The van der Waals surface area contributed by atoms with Gasteiger partial charge in [-0.3, -0.25) is 15.1 Å². The smallest absolute Gasteiger partial charge is 0.310 e. The van der Waals surface area contributed by atoms with Crippen LogP contribution in [0.4, 0.5) is 11.4 Å². The number of hydrogen-bond acceptors (Lipinski definition) is 6. The summed E-state index contributed by atoms with van der Waals surface area (Å²) in [6, 6.07) is 11.9. The Kier molecular flexibility index (Phi) is 5.79. The molecule has 132 valence electrons. The average Bonchev–Trinajstić information content (AvgIpc) is 2.66. The molecule has 0 aliphatic carbocycles.